The lowest BCUT2D eigenvalue weighted by Gasteiger charge is -2.39. The summed E-state index contributed by atoms with van der Waals surface area (Å²) in [5.74, 6) is -0.0245. The highest BCUT2D eigenvalue weighted by Gasteiger charge is 2.37. The van der Waals surface area contributed by atoms with E-state index in [-0.39, 0.29) is 6.04 Å². The molecule has 2 unspecified atom stereocenters. The third-order valence-corrected chi connectivity index (χ3v) is 6.46. The minimum atomic E-state index is -0.761. The van der Waals surface area contributed by atoms with Crippen molar-refractivity contribution in [3.8, 4) is 5.75 Å². The van der Waals surface area contributed by atoms with Gasteiger partial charge < -0.3 is 9.84 Å². The number of hydrogen-bond donors (Lipinski definition) is 1. The van der Waals surface area contributed by atoms with E-state index in [1.54, 1.807) is 24.5 Å². The van der Waals surface area contributed by atoms with Crippen LogP contribution < -0.4 is 4.74 Å². The monoisotopic (exact) mass is 393 g/mol. The molecule has 1 aromatic carbocycles. The molecule has 0 bridgehead atoms. The molecule has 1 aromatic heterocycles. The number of hydrogen-bond acceptors (Lipinski definition) is 4. The molecule has 0 radical (unpaired) electrons. The van der Waals surface area contributed by atoms with Crippen LogP contribution in [0.25, 0.3) is 0 Å². The molecule has 2 atom stereocenters. The summed E-state index contributed by atoms with van der Waals surface area (Å²) in [4.78, 5) is 16.4. The summed E-state index contributed by atoms with van der Waals surface area (Å²) < 4.78 is 5.59. The zero-order valence-corrected chi connectivity index (χ0v) is 16.6. The molecule has 0 saturated carbocycles. The van der Waals surface area contributed by atoms with Crippen molar-refractivity contribution in [3.05, 3.63) is 50.7 Å². The normalized spacial score (nSPS) is 19.3. The molecule has 1 fully saturated rings. The molecule has 0 aliphatic carbocycles. The van der Waals surface area contributed by atoms with E-state index in [4.69, 9.17) is 16.3 Å². The molecule has 0 amide bonds. The molecular formula is C20H24ClNO3S. The minimum absolute atomic E-state index is 0.171. The van der Waals surface area contributed by atoms with Crippen molar-refractivity contribution in [3.63, 3.8) is 0 Å². The lowest BCUT2D eigenvalue weighted by atomic mass is 9.94. The van der Waals surface area contributed by atoms with Crippen LogP contribution in [0.5, 0.6) is 5.75 Å². The molecule has 0 spiro atoms. The zero-order chi connectivity index (χ0) is 18.7. The maximum atomic E-state index is 11.9. The van der Waals surface area contributed by atoms with Gasteiger partial charge in [0.15, 0.2) is 0 Å². The van der Waals surface area contributed by atoms with Gasteiger partial charge in [-0.3, -0.25) is 9.69 Å². The Labute approximate surface area is 163 Å². The van der Waals surface area contributed by atoms with Crippen molar-refractivity contribution in [1.29, 1.82) is 0 Å². The second-order valence-corrected chi connectivity index (χ2v) is 8.17. The number of carboxylic acid groups (broad SMARTS) is 1. The molecule has 4 nitrogen and oxygen atoms in total. The molecule has 2 aromatic rings. The number of carboxylic acids is 1. The van der Waals surface area contributed by atoms with Crippen LogP contribution >= 0.6 is 22.9 Å². The fraction of sp³-hybridized carbons (Fsp3) is 0.450. The van der Waals surface area contributed by atoms with Crippen LogP contribution in [-0.4, -0.2) is 35.7 Å². The van der Waals surface area contributed by atoms with Crippen molar-refractivity contribution in [1.82, 2.24) is 4.90 Å². The molecule has 1 saturated heterocycles. The molecule has 1 aliphatic heterocycles. The van der Waals surface area contributed by atoms with Crippen LogP contribution in [0.1, 0.15) is 47.5 Å². The van der Waals surface area contributed by atoms with Crippen molar-refractivity contribution in [2.24, 2.45) is 0 Å². The summed E-state index contributed by atoms with van der Waals surface area (Å²) in [7, 11) is 1.64. The molecule has 26 heavy (non-hydrogen) atoms. The molecule has 6 heteroatoms. The number of aryl methyl sites for hydroxylation is 1. The maximum Gasteiger partial charge on any atom is 0.320 e. The Kier molecular flexibility index (Phi) is 6.22. The van der Waals surface area contributed by atoms with Gasteiger partial charge in [0.1, 0.15) is 11.8 Å². The number of thiophene rings is 1. The Bertz CT molecular complexity index is 776. The van der Waals surface area contributed by atoms with E-state index in [1.165, 1.54) is 4.88 Å². The maximum absolute atomic E-state index is 11.9. The molecule has 1 aliphatic rings. The average Bonchev–Trinajstić information content (AvgIpc) is 3.11. The SMILES string of the molecule is CCc1ccc(C(c2cc(Cl)ccc2OC)N2CCCCC2C(=O)O)s1. The highest BCUT2D eigenvalue weighted by atomic mass is 35.5. The fourth-order valence-corrected chi connectivity index (χ4v) is 4.95. The standard InChI is InChI=1S/C20H24ClNO3S/c1-3-14-8-10-18(26-14)19(15-12-13(21)7-9-17(15)25-2)22-11-5-4-6-16(22)20(23)24/h7-10,12,16,19H,3-6,11H2,1-2H3,(H,23,24). The predicted octanol–water partition coefficient (Wildman–Crippen LogP) is 5.00. The first-order valence-corrected chi connectivity index (χ1v) is 10.1. The van der Waals surface area contributed by atoms with Crippen LogP contribution in [0, 0.1) is 0 Å². The summed E-state index contributed by atoms with van der Waals surface area (Å²) in [5, 5.41) is 10.4. The first-order valence-electron chi connectivity index (χ1n) is 8.95. The molecule has 140 valence electrons. The summed E-state index contributed by atoms with van der Waals surface area (Å²) >= 11 is 8.02. The number of carbonyl (C=O) groups is 1. The largest absolute Gasteiger partial charge is 0.496 e. The van der Waals surface area contributed by atoms with Crippen LogP contribution in [0.3, 0.4) is 0 Å². The first-order chi connectivity index (χ1) is 12.5. The summed E-state index contributed by atoms with van der Waals surface area (Å²) in [5.41, 5.74) is 0.928. The smallest absolute Gasteiger partial charge is 0.320 e. The topological polar surface area (TPSA) is 49.8 Å². The van der Waals surface area contributed by atoms with Crippen molar-refractivity contribution in [2.45, 2.75) is 44.7 Å². The highest BCUT2D eigenvalue weighted by Crippen LogP contribution is 2.41. The van der Waals surface area contributed by atoms with Gasteiger partial charge in [-0.25, -0.2) is 0 Å². The Balaban J connectivity index is 2.13. The van der Waals surface area contributed by atoms with Crippen LogP contribution in [0.2, 0.25) is 5.02 Å². The first kappa shape index (κ1) is 19.2. The van der Waals surface area contributed by atoms with E-state index in [2.05, 4.69) is 24.0 Å². The van der Waals surface area contributed by atoms with Crippen LogP contribution in [0.4, 0.5) is 0 Å². The van der Waals surface area contributed by atoms with E-state index in [0.717, 1.165) is 42.0 Å². The van der Waals surface area contributed by atoms with Gasteiger partial charge in [-0.2, -0.15) is 0 Å². The van der Waals surface area contributed by atoms with Gasteiger partial charge in [0.25, 0.3) is 0 Å². The van der Waals surface area contributed by atoms with Gasteiger partial charge in [0, 0.05) is 20.3 Å². The van der Waals surface area contributed by atoms with Crippen molar-refractivity contribution in [2.75, 3.05) is 13.7 Å². The van der Waals surface area contributed by atoms with Crippen molar-refractivity contribution < 1.29 is 14.6 Å². The number of benzene rings is 1. The minimum Gasteiger partial charge on any atom is -0.496 e. The summed E-state index contributed by atoms with van der Waals surface area (Å²) in [6.07, 6.45) is 3.57. The Hall–Kier alpha value is -1.56. The third kappa shape index (κ3) is 3.90. The number of nitrogens with zero attached hydrogens (tertiary/aromatic N) is 1. The highest BCUT2D eigenvalue weighted by molar-refractivity contribution is 7.12. The van der Waals surface area contributed by atoms with E-state index in [0.29, 0.717) is 11.4 Å². The number of halogens is 1. The second kappa shape index (κ2) is 8.42. The van der Waals surface area contributed by atoms with E-state index >= 15 is 0 Å². The average molecular weight is 394 g/mol. The van der Waals surface area contributed by atoms with E-state index in [1.807, 2.05) is 12.1 Å². The Morgan fingerprint density at radius 1 is 1.38 bits per heavy atom. The number of likely N-dealkylation sites (tertiary alicyclic amines) is 1. The lowest BCUT2D eigenvalue weighted by Crippen LogP contribution is -2.46. The number of rotatable bonds is 6. The third-order valence-electron chi connectivity index (χ3n) is 4.95. The molecule has 1 N–H and O–H groups in total. The second-order valence-electron chi connectivity index (χ2n) is 6.53. The van der Waals surface area contributed by atoms with Gasteiger partial charge in [-0.1, -0.05) is 24.9 Å². The predicted molar refractivity (Wildman–Crippen MR) is 106 cm³/mol. The number of methoxy groups -OCH3 is 1. The zero-order valence-electron chi connectivity index (χ0n) is 15.1. The van der Waals surface area contributed by atoms with Gasteiger partial charge in [-0.15, -0.1) is 11.3 Å². The number of aliphatic carboxylic acids is 1. The quantitative estimate of drug-likeness (QED) is 0.750. The summed E-state index contributed by atoms with van der Waals surface area (Å²) in [6, 6.07) is 9.14. The van der Waals surface area contributed by atoms with Gasteiger partial charge >= 0.3 is 5.97 Å². The van der Waals surface area contributed by atoms with Crippen LogP contribution in [-0.2, 0) is 11.2 Å². The number of piperidine rings is 1. The molecule has 3 rings (SSSR count). The summed E-state index contributed by atoms with van der Waals surface area (Å²) in [6.45, 7) is 2.88. The van der Waals surface area contributed by atoms with Crippen LogP contribution in [0.15, 0.2) is 30.3 Å². The number of ether oxygens (including phenoxy) is 1. The van der Waals surface area contributed by atoms with Gasteiger partial charge in [0.2, 0.25) is 0 Å². The van der Waals surface area contributed by atoms with E-state index in [9.17, 15) is 9.90 Å². The Morgan fingerprint density at radius 3 is 2.85 bits per heavy atom. The lowest BCUT2D eigenvalue weighted by molar-refractivity contribution is -0.145. The molecular weight excluding hydrogens is 370 g/mol. The van der Waals surface area contributed by atoms with Gasteiger partial charge in [-0.05, 0) is 56.1 Å². The van der Waals surface area contributed by atoms with Gasteiger partial charge in [0.05, 0.1) is 13.2 Å². The van der Waals surface area contributed by atoms with E-state index < -0.39 is 12.0 Å². The van der Waals surface area contributed by atoms with Crippen molar-refractivity contribution >= 4 is 28.9 Å². The fourth-order valence-electron chi connectivity index (χ4n) is 3.67. The molecule has 2 heterocycles. The Morgan fingerprint density at radius 2 is 2.19 bits per heavy atom.